The van der Waals surface area contributed by atoms with Crippen molar-refractivity contribution in [1.82, 2.24) is 14.9 Å². The van der Waals surface area contributed by atoms with Crippen LogP contribution in [-0.4, -0.2) is 41.4 Å². The summed E-state index contributed by atoms with van der Waals surface area (Å²) in [6.45, 7) is 0.240. The average Bonchev–Trinajstić information content (AvgIpc) is 2.35. The number of amides is 1. The Balaban J connectivity index is 2.26. The lowest BCUT2D eigenvalue weighted by Crippen LogP contribution is -2.28. The summed E-state index contributed by atoms with van der Waals surface area (Å²) in [6.07, 6.45) is 3.40. The molecule has 0 fully saturated rings. The number of halogens is 1. The summed E-state index contributed by atoms with van der Waals surface area (Å²) in [7, 11) is 3.45. The second-order valence-electron chi connectivity index (χ2n) is 4.02. The van der Waals surface area contributed by atoms with Gasteiger partial charge in [0.2, 0.25) is 5.91 Å². The summed E-state index contributed by atoms with van der Waals surface area (Å²) in [5, 5.41) is 3.08. The minimum absolute atomic E-state index is 0.0112. The van der Waals surface area contributed by atoms with Crippen LogP contribution in [0.3, 0.4) is 0 Å². The lowest BCUT2D eigenvalue weighted by atomic mass is 10.3. The fourth-order valence-electron chi connectivity index (χ4n) is 1.48. The third-order valence-corrected chi connectivity index (χ3v) is 2.91. The van der Waals surface area contributed by atoms with Gasteiger partial charge in [0, 0.05) is 31.0 Å². The monoisotopic (exact) mass is 308 g/mol. The standard InChI is InChI=1S/C12H13BrN4O/c1-17(2)11(18)7-15-9-3-4-14-10-5-8(13)6-16-12(9)10/h3-6H,7H2,1-2H3,(H,14,15). The molecule has 1 amide bonds. The Morgan fingerprint density at radius 1 is 1.44 bits per heavy atom. The van der Waals surface area contributed by atoms with E-state index in [4.69, 9.17) is 0 Å². The first-order valence-corrected chi connectivity index (χ1v) is 6.21. The van der Waals surface area contributed by atoms with Crippen molar-refractivity contribution in [2.75, 3.05) is 26.0 Å². The van der Waals surface area contributed by atoms with E-state index < -0.39 is 0 Å². The number of anilines is 1. The summed E-state index contributed by atoms with van der Waals surface area (Å²) in [5.41, 5.74) is 2.35. The first-order chi connectivity index (χ1) is 8.58. The number of hydrogen-bond acceptors (Lipinski definition) is 4. The van der Waals surface area contributed by atoms with Gasteiger partial charge in [-0.25, -0.2) is 0 Å². The lowest BCUT2D eigenvalue weighted by molar-refractivity contribution is -0.126. The van der Waals surface area contributed by atoms with E-state index in [2.05, 4.69) is 31.2 Å². The van der Waals surface area contributed by atoms with Gasteiger partial charge in [-0.1, -0.05) is 0 Å². The maximum absolute atomic E-state index is 11.5. The summed E-state index contributed by atoms with van der Waals surface area (Å²) >= 11 is 3.35. The van der Waals surface area contributed by atoms with Crippen LogP contribution in [0.4, 0.5) is 5.69 Å². The van der Waals surface area contributed by atoms with Gasteiger partial charge in [0.25, 0.3) is 0 Å². The van der Waals surface area contributed by atoms with Crippen LogP contribution in [0.15, 0.2) is 29.0 Å². The summed E-state index contributed by atoms with van der Waals surface area (Å²) in [5.74, 6) is 0.0112. The first kappa shape index (κ1) is 12.8. The highest BCUT2D eigenvalue weighted by molar-refractivity contribution is 9.10. The van der Waals surface area contributed by atoms with E-state index in [0.29, 0.717) is 0 Å². The van der Waals surface area contributed by atoms with Crippen LogP contribution < -0.4 is 5.32 Å². The van der Waals surface area contributed by atoms with Crippen LogP contribution >= 0.6 is 15.9 Å². The van der Waals surface area contributed by atoms with Crippen molar-refractivity contribution in [2.24, 2.45) is 0 Å². The molecular weight excluding hydrogens is 296 g/mol. The zero-order valence-electron chi connectivity index (χ0n) is 10.1. The highest BCUT2D eigenvalue weighted by Crippen LogP contribution is 2.21. The number of likely N-dealkylation sites (N-methyl/N-ethyl adjacent to an activating group) is 1. The molecule has 0 bridgehead atoms. The SMILES string of the molecule is CN(C)C(=O)CNc1ccnc2cc(Br)cnc12. The number of pyridine rings is 2. The lowest BCUT2D eigenvalue weighted by Gasteiger charge is -2.12. The molecule has 0 aromatic carbocycles. The number of hydrogen-bond donors (Lipinski definition) is 1. The third kappa shape index (κ3) is 2.76. The Morgan fingerprint density at radius 3 is 2.94 bits per heavy atom. The van der Waals surface area contributed by atoms with Crippen molar-refractivity contribution in [3.05, 3.63) is 29.0 Å². The fourth-order valence-corrected chi connectivity index (χ4v) is 1.80. The number of carbonyl (C=O) groups is 1. The maximum atomic E-state index is 11.5. The second-order valence-corrected chi connectivity index (χ2v) is 4.94. The van der Waals surface area contributed by atoms with Gasteiger partial charge >= 0.3 is 0 Å². The van der Waals surface area contributed by atoms with Crippen LogP contribution in [0.2, 0.25) is 0 Å². The predicted molar refractivity (Wildman–Crippen MR) is 74.4 cm³/mol. The molecule has 0 aliphatic heterocycles. The van der Waals surface area contributed by atoms with Gasteiger partial charge in [0.1, 0.15) is 5.52 Å². The van der Waals surface area contributed by atoms with Crippen LogP contribution in [0.5, 0.6) is 0 Å². The highest BCUT2D eigenvalue weighted by atomic mass is 79.9. The van der Waals surface area contributed by atoms with E-state index in [1.54, 1.807) is 31.4 Å². The summed E-state index contributed by atoms with van der Waals surface area (Å²) in [4.78, 5) is 21.6. The molecule has 0 aliphatic rings. The Morgan fingerprint density at radius 2 is 2.22 bits per heavy atom. The molecule has 0 radical (unpaired) electrons. The van der Waals surface area contributed by atoms with Crippen molar-refractivity contribution < 1.29 is 4.79 Å². The topological polar surface area (TPSA) is 58.1 Å². The molecule has 94 valence electrons. The van der Waals surface area contributed by atoms with Gasteiger partial charge in [-0.15, -0.1) is 0 Å². The van der Waals surface area contributed by atoms with Crippen LogP contribution in [0.25, 0.3) is 11.0 Å². The molecule has 0 saturated heterocycles. The van der Waals surface area contributed by atoms with Crippen LogP contribution in [-0.2, 0) is 4.79 Å². The van der Waals surface area contributed by atoms with E-state index in [9.17, 15) is 4.79 Å². The van der Waals surface area contributed by atoms with Crippen LogP contribution in [0, 0.1) is 0 Å². The van der Waals surface area contributed by atoms with Crippen molar-refractivity contribution in [3.63, 3.8) is 0 Å². The van der Waals surface area contributed by atoms with Crippen molar-refractivity contribution in [2.45, 2.75) is 0 Å². The first-order valence-electron chi connectivity index (χ1n) is 5.42. The normalized spacial score (nSPS) is 10.4. The average molecular weight is 309 g/mol. The van der Waals surface area contributed by atoms with Crippen molar-refractivity contribution in [1.29, 1.82) is 0 Å². The van der Waals surface area contributed by atoms with E-state index in [-0.39, 0.29) is 12.5 Å². The largest absolute Gasteiger partial charge is 0.374 e. The van der Waals surface area contributed by atoms with Gasteiger partial charge in [0.05, 0.1) is 17.7 Å². The van der Waals surface area contributed by atoms with Gasteiger partial charge < -0.3 is 10.2 Å². The van der Waals surface area contributed by atoms with E-state index in [1.807, 2.05) is 12.1 Å². The number of aromatic nitrogens is 2. The van der Waals surface area contributed by atoms with Gasteiger partial charge in [0.15, 0.2) is 0 Å². The molecular formula is C12H13BrN4O. The molecule has 1 N–H and O–H groups in total. The highest BCUT2D eigenvalue weighted by Gasteiger charge is 2.07. The zero-order valence-corrected chi connectivity index (χ0v) is 11.7. The molecule has 0 saturated carbocycles. The molecule has 2 aromatic heterocycles. The minimum atomic E-state index is 0.0112. The molecule has 0 unspecified atom stereocenters. The minimum Gasteiger partial charge on any atom is -0.374 e. The number of nitrogens with zero attached hydrogens (tertiary/aromatic N) is 3. The van der Waals surface area contributed by atoms with E-state index in [0.717, 1.165) is 21.2 Å². The van der Waals surface area contributed by atoms with Crippen molar-refractivity contribution in [3.8, 4) is 0 Å². The molecule has 2 rings (SSSR count). The molecule has 18 heavy (non-hydrogen) atoms. The fraction of sp³-hybridized carbons (Fsp3) is 0.250. The molecule has 0 atom stereocenters. The predicted octanol–water partition coefficient (Wildman–Crippen LogP) is 1.89. The smallest absolute Gasteiger partial charge is 0.241 e. The number of nitrogens with one attached hydrogen (secondary N) is 1. The van der Waals surface area contributed by atoms with Gasteiger partial charge in [-0.3, -0.25) is 14.8 Å². The molecule has 0 aliphatic carbocycles. The molecule has 5 nitrogen and oxygen atoms in total. The number of carbonyl (C=O) groups excluding carboxylic acids is 1. The zero-order chi connectivity index (χ0) is 13.1. The third-order valence-electron chi connectivity index (χ3n) is 2.47. The maximum Gasteiger partial charge on any atom is 0.241 e. The molecule has 2 heterocycles. The Kier molecular flexibility index (Phi) is 3.76. The molecule has 6 heteroatoms. The Bertz CT molecular complexity index is 585. The van der Waals surface area contributed by atoms with Crippen LogP contribution in [0.1, 0.15) is 0 Å². The quantitative estimate of drug-likeness (QED) is 0.941. The van der Waals surface area contributed by atoms with Gasteiger partial charge in [-0.05, 0) is 28.1 Å². The number of fused-ring (bicyclic) bond motifs is 1. The summed E-state index contributed by atoms with van der Waals surface area (Å²) < 4.78 is 0.879. The Labute approximate surface area is 113 Å². The molecule has 2 aromatic rings. The second kappa shape index (κ2) is 5.30. The number of rotatable bonds is 3. The van der Waals surface area contributed by atoms with Gasteiger partial charge in [-0.2, -0.15) is 0 Å². The van der Waals surface area contributed by atoms with E-state index in [1.165, 1.54) is 0 Å². The van der Waals surface area contributed by atoms with E-state index >= 15 is 0 Å². The Hall–Kier alpha value is -1.69. The van der Waals surface area contributed by atoms with Crippen molar-refractivity contribution >= 4 is 38.6 Å². The summed E-state index contributed by atoms with van der Waals surface area (Å²) in [6, 6.07) is 3.70. The molecule has 0 spiro atoms.